The standard InChI is InChI=1S/C11H17NO4/c13-6-1-5-2-8(14)10-11(16)9(15)4-12(10)7(5)3-6/h5,7-11,14-16H,1-4H2/t5?,7?,8-,9-,10-,11-/m1/s1. The normalized spacial score (nSPS) is 52.8. The lowest BCUT2D eigenvalue weighted by atomic mass is 9.85. The molecule has 0 amide bonds. The van der Waals surface area contributed by atoms with Crippen molar-refractivity contribution in [2.24, 2.45) is 5.92 Å². The first kappa shape index (κ1) is 10.7. The molecule has 1 aliphatic carbocycles. The van der Waals surface area contributed by atoms with Crippen LogP contribution in [0.15, 0.2) is 0 Å². The minimum atomic E-state index is -0.883. The summed E-state index contributed by atoms with van der Waals surface area (Å²) in [5.74, 6) is 0.440. The number of rotatable bonds is 0. The summed E-state index contributed by atoms with van der Waals surface area (Å²) in [4.78, 5) is 13.4. The van der Waals surface area contributed by atoms with Gasteiger partial charge in [-0.2, -0.15) is 0 Å². The van der Waals surface area contributed by atoms with Crippen molar-refractivity contribution in [3.8, 4) is 0 Å². The fourth-order valence-electron chi connectivity index (χ4n) is 3.66. The topological polar surface area (TPSA) is 81.0 Å². The quantitative estimate of drug-likeness (QED) is 0.469. The lowest BCUT2D eigenvalue weighted by Crippen LogP contribution is -2.55. The molecule has 3 N–H and O–H groups in total. The van der Waals surface area contributed by atoms with Crippen molar-refractivity contribution in [3.05, 3.63) is 0 Å². The molecule has 5 heteroatoms. The highest BCUT2D eigenvalue weighted by Crippen LogP contribution is 2.41. The second-order valence-electron chi connectivity index (χ2n) is 5.32. The minimum Gasteiger partial charge on any atom is -0.391 e. The van der Waals surface area contributed by atoms with Gasteiger partial charge in [0.25, 0.3) is 0 Å². The Kier molecular flexibility index (Phi) is 2.33. The third kappa shape index (κ3) is 1.35. The number of hydrogen-bond donors (Lipinski definition) is 3. The lowest BCUT2D eigenvalue weighted by Gasteiger charge is -2.42. The van der Waals surface area contributed by atoms with E-state index >= 15 is 0 Å². The van der Waals surface area contributed by atoms with Gasteiger partial charge in [0.05, 0.1) is 24.4 Å². The van der Waals surface area contributed by atoms with Gasteiger partial charge in [-0.05, 0) is 12.3 Å². The molecule has 90 valence electrons. The van der Waals surface area contributed by atoms with Crippen LogP contribution < -0.4 is 0 Å². The zero-order chi connectivity index (χ0) is 11.4. The van der Waals surface area contributed by atoms with E-state index < -0.39 is 18.3 Å². The Morgan fingerprint density at radius 1 is 1.12 bits per heavy atom. The SMILES string of the molecule is O=C1CC2C[C@@H](O)[C@@H]3[C@H](O)[C@H](O)CN3C2C1. The Balaban J connectivity index is 1.88. The van der Waals surface area contributed by atoms with E-state index in [4.69, 9.17) is 0 Å². The monoisotopic (exact) mass is 227 g/mol. The van der Waals surface area contributed by atoms with Crippen LogP contribution in [0.2, 0.25) is 0 Å². The summed E-state index contributed by atoms with van der Waals surface area (Å²) in [5, 5.41) is 29.4. The second kappa shape index (κ2) is 3.50. The van der Waals surface area contributed by atoms with E-state index in [2.05, 4.69) is 0 Å². The smallest absolute Gasteiger partial charge is 0.134 e. The fraction of sp³-hybridized carbons (Fsp3) is 0.909. The maximum Gasteiger partial charge on any atom is 0.134 e. The average Bonchev–Trinajstić information content (AvgIpc) is 2.69. The van der Waals surface area contributed by atoms with Crippen molar-refractivity contribution in [3.63, 3.8) is 0 Å². The van der Waals surface area contributed by atoms with Crippen LogP contribution in [0.25, 0.3) is 0 Å². The largest absolute Gasteiger partial charge is 0.391 e. The predicted molar refractivity (Wildman–Crippen MR) is 54.7 cm³/mol. The molecule has 3 fully saturated rings. The zero-order valence-electron chi connectivity index (χ0n) is 8.99. The van der Waals surface area contributed by atoms with Crippen molar-refractivity contribution in [2.45, 2.75) is 49.7 Å². The first-order valence-corrected chi connectivity index (χ1v) is 5.89. The van der Waals surface area contributed by atoms with E-state index in [1.54, 1.807) is 0 Å². The highest BCUT2D eigenvalue weighted by atomic mass is 16.3. The fourth-order valence-corrected chi connectivity index (χ4v) is 3.66. The summed E-state index contributed by atoms with van der Waals surface area (Å²) in [6, 6.07) is -0.269. The van der Waals surface area contributed by atoms with Crippen molar-refractivity contribution >= 4 is 5.78 Å². The molecule has 2 aliphatic heterocycles. The molecule has 6 atom stereocenters. The Morgan fingerprint density at radius 3 is 2.62 bits per heavy atom. The van der Waals surface area contributed by atoms with Crippen LogP contribution >= 0.6 is 0 Å². The number of fused-ring (bicyclic) bond motifs is 3. The molecule has 5 nitrogen and oxygen atoms in total. The summed E-state index contributed by atoms with van der Waals surface area (Å²) in [6.07, 6.45) is -0.689. The highest BCUT2D eigenvalue weighted by molar-refractivity contribution is 5.82. The van der Waals surface area contributed by atoms with Gasteiger partial charge in [0.15, 0.2) is 0 Å². The summed E-state index contributed by atoms with van der Waals surface area (Å²) in [6.45, 7) is 0.372. The average molecular weight is 227 g/mol. The molecule has 2 unspecified atom stereocenters. The van der Waals surface area contributed by atoms with Gasteiger partial charge < -0.3 is 15.3 Å². The van der Waals surface area contributed by atoms with Crippen LogP contribution in [0.4, 0.5) is 0 Å². The number of ketones is 1. The van der Waals surface area contributed by atoms with Gasteiger partial charge in [0.1, 0.15) is 5.78 Å². The molecule has 0 radical (unpaired) electrons. The van der Waals surface area contributed by atoms with Crippen molar-refractivity contribution in [2.75, 3.05) is 6.54 Å². The summed E-state index contributed by atoms with van der Waals surface area (Å²) < 4.78 is 0. The number of aliphatic hydroxyl groups is 3. The third-order valence-corrected chi connectivity index (χ3v) is 4.36. The summed E-state index contributed by atoms with van der Waals surface area (Å²) in [7, 11) is 0. The molecule has 0 aromatic heterocycles. The Labute approximate surface area is 93.7 Å². The first-order chi connectivity index (χ1) is 7.58. The maximum atomic E-state index is 11.4. The zero-order valence-corrected chi connectivity index (χ0v) is 8.99. The van der Waals surface area contributed by atoms with Crippen LogP contribution in [0.3, 0.4) is 0 Å². The summed E-state index contributed by atoms with van der Waals surface area (Å²) >= 11 is 0. The number of nitrogens with zero attached hydrogens (tertiary/aromatic N) is 1. The predicted octanol–water partition coefficient (Wildman–Crippen LogP) is -1.50. The minimum absolute atomic E-state index is 0.118. The number of hydrogen-bond acceptors (Lipinski definition) is 5. The molecule has 0 aromatic rings. The van der Waals surface area contributed by atoms with Gasteiger partial charge in [-0.1, -0.05) is 0 Å². The van der Waals surface area contributed by atoms with E-state index in [1.165, 1.54) is 0 Å². The number of carbonyl (C=O) groups excluding carboxylic acids is 1. The summed E-state index contributed by atoms with van der Waals surface area (Å²) in [5.41, 5.74) is 0. The molecule has 2 heterocycles. The van der Waals surface area contributed by atoms with Gasteiger partial charge in [-0.15, -0.1) is 0 Å². The Bertz CT molecular complexity index is 321. The van der Waals surface area contributed by atoms with E-state index in [1.807, 2.05) is 4.90 Å². The van der Waals surface area contributed by atoms with Crippen molar-refractivity contribution in [1.82, 2.24) is 4.90 Å². The first-order valence-electron chi connectivity index (χ1n) is 5.89. The van der Waals surface area contributed by atoms with E-state index in [0.29, 0.717) is 25.8 Å². The molecule has 16 heavy (non-hydrogen) atoms. The maximum absolute atomic E-state index is 11.4. The second-order valence-corrected chi connectivity index (χ2v) is 5.32. The van der Waals surface area contributed by atoms with E-state index in [-0.39, 0.29) is 23.8 Å². The molecule has 0 spiro atoms. The van der Waals surface area contributed by atoms with Gasteiger partial charge in [-0.25, -0.2) is 0 Å². The van der Waals surface area contributed by atoms with Gasteiger partial charge in [0.2, 0.25) is 0 Å². The lowest BCUT2D eigenvalue weighted by molar-refractivity contribution is -0.117. The molecule has 3 rings (SSSR count). The van der Waals surface area contributed by atoms with Crippen molar-refractivity contribution < 1.29 is 20.1 Å². The number of aliphatic hydroxyl groups excluding tert-OH is 3. The molecule has 1 saturated carbocycles. The van der Waals surface area contributed by atoms with Crippen LogP contribution in [-0.2, 0) is 4.79 Å². The van der Waals surface area contributed by atoms with Crippen LogP contribution in [0.5, 0.6) is 0 Å². The van der Waals surface area contributed by atoms with Crippen LogP contribution in [-0.4, -0.2) is 62.9 Å². The van der Waals surface area contributed by atoms with Crippen LogP contribution in [0, 0.1) is 5.92 Å². The van der Waals surface area contributed by atoms with Gasteiger partial charge >= 0.3 is 0 Å². The van der Waals surface area contributed by atoms with E-state index in [0.717, 1.165) is 0 Å². The number of Topliss-reactive ketones (excluding diaryl/α,β-unsaturated/α-hetero) is 1. The van der Waals surface area contributed by atoms with Crippen molar-refractivity contribution in [1.29, 1.82) is 0 Å². The van der Waals surface area contributed by atoms with Gasteiger partial charge in [0, 0.05) is 25.4 Å². The van der Waals surface area contributed by atoms with E-state index in [9.17, 15) is 20.1 Å². The molecule has 2 saturated heterocycles. The molecule has 3 aliphatic rings. The molecule has 0 bridgehead atoms. The molecular formula is C11H17NO4. The Morgan fingerprint density at radius 2 is 1.88 bits per heavy atom. The number of carbonyl (C=O) groups is 1. The molecule has 0 aromatic carbocycles. The third-order valence-electron chi connectivity index (χ3n) is 4.36. The van der Waals surface area contributed by atoms with Gasteiger partial charge in [-0.3, -0.25) is 9.69 Å². The number of piperidine rings is 1. The highest BCUT2D eigenvalue weighted by Gasteiger charge is 2.54. The van der Waals surface area contributed by atoms with Crippen LogP contribution in [0.1, 0.15) is 19.3 Å². The molecular weight excluding hydrogens is 210 g/mol. The Hall–Kier alpha value is -0.490.